The van der Waals surface area contributed by atoms with E-state index in [1.165, 1.54) is 25.1 Å². The first kappa shape index (κ1) is 15.2. The Kier molecular flexibility index (Phi) is 3.82. The number of benzene rings is 1. The fourth-order valence-corrected chi connectivity index (χ4v) is 2.30. The molecule has 1 unspecified atom stereocenters. The van der Waals surface area contributed by atoms with Crippen LogP contribution in [0.5, 0.6) is 5.88 Å². The van der Waals surface area contributed by atoms with E-state index < -0.39 is 32.3 Å². The van der Waals surface area contributed by atoms with Gasteiger partial charge in [0.05, 0.1) is 0 Å². The molecule has 2 rings (SSSR count). The molecule has 8 heteroatoms. The predicted molar refractivity (Wildman–Crippen MR) is 75.2 cm³/mol. The molecule has 1 aromatic heterocycles. The minimum Gasteiger partial charge on any atom is -0.493 e. The number of rotatable bonds is 3. The van der Waals surface area contributed by atoms with Gasteiger partial charge in [0.15, 0.2) is 9.84 Å². The summed E-state index contributed by atoms with van der Waals surface area (Å²) in [5.41, 5.74) is -1.25. The number of aromatic hydroxyl groups is 1. The summed E-state index contributed by atoms with van der Waals surface area (Å²) in [4.78, 5) is 18.0. The molecule has 0 saturated heterocycles. The van der Waals surface area contributed by atoms with Crippen molar-refractivity contribution in [3.8, 4) is 17.0 Å². The summed E-state index contributed by atoms with van der Waals surface area (Å²) in [5, 5.41) is 8.78. The number of hydrogen-bond donors (Lipinski definition) is 2. The molecule has 1 aromatic carbocycles. The molecule has 2 aromatic rings. The van der Waals surface area contributed by atoms with Gasteiger partial charge in [-0.15, -0.1) is 0 Å². The molecule has 0 fully saturated rings. The summed E-state index contributed by atoms with van der Waals surface area (Å²) < 4.78 is 36.6. The zero-order valence-corrected chi connectivity index (χ0v) is 12.1. The molecule has 0 saturated carbocycles. The number of sulfone groups is 1. The van der Waals surface area contributed by atoms with Gasteiger partial charge in [0.25, 0.3) is 5.56 Å². The van der Waals surface area contributed by atoms with Gasteiger partial charge in [-0.3, -0.25) is 4.79 Å². The predicted octanol–water partition coefficient (Wildman–Crippen LogP) is 1.39. The van der Waals surface area contributed by atoms with Crippen LogP contribution in [0.4, 0.5) is 4.39 Å². The average molecular weight is 312 g/mol. The third-order valence-corrected chi connectivity index (χ3v) is 4.60. The Bertz CT molecular complexity index is 845. The summed E-state index contributed by atoms with van der Waals surface area (Å²) in [5.74, 6) is -1.60. The first-order valence-corrected chi connectivity index (χ1v) is 7.94. The van der Waals surface area contributed by atoms with Gasteiger partial charge in [-0.05, 0) is 13.0 Å². The molecule has 112 valence electrons. The van der Waals surface area contributed by atoms with Gasteiger partial charge < -0.3 is 10.1 Å². The van der Waals surface area contributed by atoms with Gasteiger partial charge in [0.2, 0.25) is 5.88 Å². The molecular weight excluding hydrogens is 299 g/mol. The second-order valence-electron chi connectivity index (χ2n) is 4.60. The van der Waals surface area contributed by atoms with Gasteiger partial charge in [-0.1, -0.05) is 18.2 Å². The van der Waals surface area contributed by atoms with E-state index in [-0.39, 0.29) is 17.0 Å². The van der Waals surface area contributed by atoms with Gasteiger partial charge in [-0.25, -0.2) is 12.8 Å². The Morgan fingerprint density at radius 3 is 2.48 bits per heavy atom. The SMILES string of the molecule is CC(c1nc(O)c(-c2ccccc2F)c(=O)[nH]1)S(C)(=O)=O. The molecule has 6 nitrogen and oxygen atoms in total. The normalized spacial score (nSPS) is 13.1. The summed E-state index contributed by atoms with van der Waals surface area (Å²) >= 11 is 0. The maximum absolute atomic E-state index is 13.7. The zero-order chi connectivity index (χ0) is 15.8. The van der Waals surface area contributed by atoms with Crippen LogP contribution < -0.4 is 5.56 Å². The third-order valence-electron chi connectivity index (χ3n) is 3.09. The van der Waals surface area contributed by atoms with Crippen LogP contribution >= 0.6 is 0 Å². The lowest BCUT2D eigenvalue weighted by atomic mass is 10.1. The maximum Gasteiger partial charge on any atom is 0.262 e. The quantitative estimate of drug-likeness (QED) is 0.892. The molecule has 21 heavy (non-hydrogen) atoms. The number of aromatic nitrogens is 2. The average Bonchev–Trinajstić information content (AvgIpc) is 2.38. The van der Waals surface area contributed by atoms with Crippen LogP contribution in [0.15, 0.2) is 29.1 Å². The molecule has 0 radical (unpaired) electrons. The van der Waals surface area contributed by atoms with E-state index in [9.17, 15) is 22.7 Å². The lowest BCUT2D eigenvalue weighted by molar-refractivity contribution is 0.449. The highest BCUT2D eigenvalue weighted by Crippen LogP contribution is 2.27. The van der Waals surface area contributed by atoms with Gasteiger partial charge >= 0.3 is 0 Å². The van der Waals surface area contributed by atoms with E-state index in [1.807, 2.05) is 0 Å². The van der Waals surface area contributed by atoms with Crippen LogP contribution in [-0.4, -0.2) is 29.7 Å². The second-order valence-corrected chi connectivity index (χ2v) is 6.97. The van der Waals surface area contributed by atoms with Crippen molar-refractivity contribution in [3.05, 3.63) is 46.3 Å². The number of aromatic amines is 1. The topological polar surface area (TPSA) is 100 Å². The van der Waals surface area contributed by atoms with Gasteiger partial charge in [-0.2, -0.15) is 4.98 Å². The van der Waals surface area contributed by atoms with E-state index in [2.05, 4.69) is 9.97 Å². The standard InChI is InChI=1S/C13H13FN2O4S/c1-7(21(2,19)20)11-15-12(17)10(13(18)16-11)8-5-3-4-6-9(8)14/h3-7H,1-2H3,(H2,15,16,17,18). The first-order valence-electron chi connectivity index (χ1n) is 5.98. The van der Waals surface area contributed by atoms with Crippen molar-refractivity contribution in [1.29, 1.82) is 0 Å². The highest BCUT2D eigenvalue weighted by atomic mass is 32.2. The number of nitrogens with one attached hydrogen (secondary N) is 1. The van der Waals surface area contributed by atoms with E-state index in [1.54, 1.807) is 0 Å². The third kappa shape index (κ3) is 2.94. The molecule has 0 aliphatic heterocycles. The largest absolute Gasteiger partial charge is 0.493 e. The Morgan fingerprint density at radius 1 is 1.33 bits per heavy atom. The fourth-order valence-electron chi connectivity index (χ4n) is 1.78. The Labute approximate surface area is 120 Å². The highest BCUT2D eigenvalue weighted by molar-refractivity contribution is 7.90. The molecule has 2 N–H and O–H groups in total. The smallest absolute Gasteiger partial charge is 0.262 e. The molecule has 0 bridgehead atoms. The summed E-state index contributed by atoms with van der Waals surface area (Å²) in [6.45, 7) is 1.33. The van der Waals surface area contributed by atoms with Crippen LogP contribution in [0.25, 0.3) is 11.1 Å². The van der Waals surface area contributed by atoms with E-state index >= 15 is 0 Å². The number of nitrogens with zero attached hydrogens (tertiary/aromatic N) is 1. The Balaban J connectivity index is 2.64. The van der Waals surface area contributed by atoms with Gasteiger partial charge in [0.1, 0.15) is 22.5 Å². The van der Waals surface area contributed by atoms with E-state index in [0.717, 1.165) is 12.3 Å². The Morgan fingerprint density at radius 2 is 1.95 bits per heavy atom. The van der Waals surface area contributed by atoms with Crippen LogP contribution in [0.1, 0.15) is 18.0 Å². The molecule has 1 atom stereocenters. The Hall–Kier alpha value is -2.22. The second kappa shape index (κ2) is 5.28. The summed E-state index contributed by atoms with van der Waals surface area (Å²) in [6.07, 6.45) is 0.986. The van der Waals surface area contributed by atoms with Crippen molar-refractivity contribution in [2.45, 2.75) is 12.2 Å². The lowest BCUT2D eigenvalue weighted by Crippen LogP contribution is -2.19. The fraction of sp³-hybridized carbons (Fsp3) is 0.231. The van der Waals surface area contributed by atoms with E-state index in [4.69, 9.17) is 0 Å². The molecule has 0 aliphatic carbocycles. The van der Waals surface area contributed by atoms with Crippen molar-refractivity contribution < 1.29 is 17.9 Å². The van der Waals surface area contributed by atoms with E-state index in [0.29, 0.717) is 0 Å². The summed E-state index contributed by atoms with van der Waals surface area (Å²) in [6, 6.07) is 5.41. The first-order chi connectivity index (χ1) is 9.71. The molecule has 0 spiro atoms. The highest BCUT2D eigenvalue weighted by Gasteiger charge is 2.23. The van der Waals surface area contributed by atoms with Crippen molar-refractivity contribution in [2.75, 3.05) is 6.26 Å². The van der Waals surface area contributed by atoms with Crippen molar-refractivity contribution in [3.63, 3.8) is 0 Å². The minimum absolute atomic E-state index is 0.109. The number of H-pyrrole nitrogens is 1. The summed E-state index contributed by atoms with van der Waals surface area (Å²) in [7, 11) is -3.49. The molecule has 1 heterocycles. The minimum atomic E-state index is -3.49. The van der Waals surface area contributed by atoms with Crippen molar-refractivity contribution in [2.24, 2.45) is 0 Å². The molecular formula is C13H13FN2O4S. The van der Waals surface area contributed by atoms with Crippen LogP contribution in [0, 0.1) is 5.82 Å². The zero-order valence-electron chi connectivity index (χ0n) is 11.3. The van der Waals surface area contributed by atoms with Crippen LogP contribution in [-0.2, 0) is 9.84 Å². The van der Waals surface area contributed by atoms with Gasteiger partial charge in [0, 0.05) is 11.8 Å². The number of halogens is 1. The van der Waals surface area contributed by atoms with Crippen molar-refractivity contribution in [1.82, 2.24) is 9.97 Å². The van der Waals surface area contributed by atoms with Crippen molar-refractivity contribution >= 4 is 9.84 Å². The number of hydrogen-bond acceptors (Lipinski definition) is 5. The van der Waals surface area contributed by atoms with Crippen LogP contribution in [0.3, 0.4) is 0 Å². The van der Waals surface area contributed by atoms with Crippen LogP contribution in [0.2, 0.25) is 0 Å². The monoisotopic (exact) mass is 312 g/mol. The maximum atomic E-state index is 13.7. The molecule has 0 aliphatic rings. The molecule has 0 amide bonds. The lowest BCUT2D eigenvalue weighted by Gasteiger charge is -2.11.